The lowest BCUT2D eigenvalue weighted by Crippen LogP contribution is -2.56. The fraction of sp³-hybridized carbons (Fsp3) is 0.900. The van der Waals surface area contributed by atoms with E-state index in [0.717, 1.165) is 25.9 Å². The van der Waals surface area contributed by atoms with Gasteiger partial charge in [-0.05, 0) is 25.3 Å². The zero-order valence-corrected chi connectivity index (χ0v) is 9.57. The van der Waals surface area contributed by atoms with Gasteiger partial charge in [-0.15, -0.1) is 0 Å². The Bertz CT molecular complexity index is 219. The van der Waals surface area contributed by atoms with Crippen LogP contribution in [0.15, 0.2) is 0 Å². The van der Waals surface area contributed by atoms with Crippen LogP contribution in [0.25, 0.3) is 0 Å². The molecule has 0 spiro atoms. The van der Waals surface area contributed by atoms with Crippen molar-refractivity contribution in [3.8, 4) is 0 Å². The summed E-state index contributed by atoms with van der Waals surface area (Å²) < 4.78 is 0. The zero-order valence-electron chi connectivity index (χ0n) is 9.57. The number of hydrogen-bond donors (Lipinski definition) is 3. The Morgan fingerprint density at radius 2 is 2.20 bits per heavy atom. The van der Waals surface area contributed by atoms with Gasteiger partial charge in [-0.3, -0.25) is 15.1 Å². The molecule has 2 unspecified atom stereocenters. The Labute approximate surface area is 91.1 Å². The maximum atomic E-state index is 11.6. The second kappa shape index (κ2) is 5.44. The van der Waals surface area contributed by atoms with Crippen LogP contribution in [0.3, 0.4) is 0 Å². The van der Waals surface area contributed by atoms with Crippen molar-refractivity contribution in [2.75, 3.05) is 13.1 Å². The van der Waals surface area contributed by atoms with E-state index in [1.165, 1.54) is 0 Å². The third-order valence-corrected chi connectivity index (χ3v) is 2.93. The molecule has 15 heavy (non-hydrogen) atoms. The Hall–Kier alpha value is -0.650. The van der Waals surface area contributed by atoms with Gasteiger partial charge in [0.1, 0.15) is 0 Å². The van der Waals surface area contributed by atoms with Crippen molar-refractivity contribution in [2.45, 2.75) is 38.8 Å². The fourth-order valence-corrected chi connectivity index (χ4v) is 2.27. The van der Waals surface area contributed by atoms with Gasteiger partial charge in [0.25, 0.3) is 5.91 Å². The van der Waals surface area contributed by atoms with Crippen LogP contribution in [0, 0.1) is 5.92 Å². The highest BCUT2D eigenvalue weighted by Gasteiger charge is 2.31. The van der Waals surface area contributed by atoms with Crippen LogP contribution >= 0.6 is 0 Å². The molecule has 5 heteroatoms. The number of carbonyl (C=O) groups is 1. The predicted molar refractivity (Wildman–Crippen MR) is 59.7 cm³/mol. The van der Waals surface area contributed by atoms with Crippen LogP contribution in [0.2, 0.25) is 0 Å². The number of nitrogens with two attached hydrogens (primary N) is 2. The lowest BCUT2D eigenvalue weighted by atomic mass is 9.97. The van der Waals surface area contributed by atoms with Crippen molar-refractivity contribution in [2.24, 2.45) is 17.5 Å². The quantitative estimate of drug-likeness (QED) is 0.333. The minimum atomic E-state index is -0.152. The highest BCUT2D eigenvalue weighted by molar-refractivity contribution is 5.81. The molecule has 1 heterocycles. The molecule has 1 aliphatic heterocycles. The number of nitrogens with one attached hydrogen (secondary N) is 1. The van der Waals surface area contributed by atoms with E-state index in [1.807, 2.05) is 13.8 Å². The average molecular weight is 214 g/mol. The molecule has 0 aromatic carbocycles. The fourth-order valence-electron chi connectivity index (χ4n) is 2.27. The van der Waals surface area contributed by atoms with Gasteiger partial charge in [0.05, 0.1) is 6.04 Å². The lowest BCUT2D eigenvalue weighted by Gasteiger charge is -2.37. The van der Waals surface area contributed by atoms with Gasteiger partial charge in [0, 0.05) is 12.6 Å². The maximum Gasteiger partial charge on any atom is 0.251 e. The van der Waals surface area contributed by atoms with E-state index in [9.17, 15) is 4.79 Å². The van der Waals surface area contributed by atoms with Crippen LogP contribution in [0.1, 0.15) is 26.7 Å². The highest BCUT2D eigenvalue weighted by Crippen LogP contribution is 2.17. The minimum Gasteiger partial charge on any atom is -0.327 e. The average Bonchev–Trinajstić information content (AvgIpc) is 2.17. The number of hydrazine groups is 1. The summed E-state index contributed by atoms with van der Waals surface area (Å²) in [7, 11) is 0. The molecule has 5 N–H and O–H groups in total. The third-order valence-electron chi connectivity index (χ3n) is 2.93. The zero-order chi connectivity index (χ0) is 11.4. The number of hydrogen-bond acceptors (Lipinski definition) is 4. The Morgan fingerprint density at radius 1 is 1.53 bits per heavy atom. The van der Waals surface area contributed by atoms with Crippen LogP contribution in [-0.4, -0.2) is 36.0 Å². The SMILES string of the molecule is CC(C)C(C(=O)NN)N1CCCC(N)C1. The van der Waals surface area contributed by atoms with Gasteiger partial charge in [0.15, 0.2) is 0 Å². The Kier molecular flexibility index (Phi) is 4.50. The second-order valence-electron chi connectivity index (χ2n) is 4.59. The standard InChI is InChI=1S/C10H22N4O/c1-7(2)9(10(15)13-12)14-5-3-4-8(11)6-14/h7-9H,3-6,11-12H2,1-2H3,(H,13,15). The highest BCUT2D eigenvalue weighted by atomic mass is 16.2. The number of carbonyl (C=O) groups excluding carboxylic acids is 1. The Balaban J connectivity index is 2.66. The van der Waals surface area contributed by atoms with Crippen LogP contribution in [0.4, 0.5) is 0 Å². The van der Waals surface area contributed by atoms with E-state index in [4.69, 9.17) is 11.6 Å². The number of nitrogens with zero attached hydrogens (tertiary/aromatic N) is 1. The molecular formula is C10H22N4O. The molecule has 2 atom stereocenters. The van der Waals surface area contributed by atoms with Crippen molar-refractivity contribution in [3.05, 3.63) is 0 Å². The van der Waals surface area contributed by atoms with Gasteiger partial charge < -0.3 is 5.73 Å². The molecule has 88 valence electrons. The maximum absolute atomic E-state index is 11.6. The summed E-state index contributed by atoms with van der Waals surface area (Å²) in [6.45, 7) is 5.78. The van der Waals surface area contributed by atoms with Crippen molar-refractivity contribution >= 4 is 5.91 Å². The second-order valence-corrected chi connectivity index (χ2v) is 4.59. The number of likely N-dealkylation sites (tertiary alicyclic amines) is 1. The summed E-state index contributed by atoms with van der Waals surface area (Å²) in [5.41, 5.74) is 8.14. The summed E-state index contributed by atoms with van der Waals surface area (Å²) >= 11 is 0. The van der Waals surface area contributed by atoms with Gasteiger partial charge in [-0.25, -0.2) is 5.84 Å². The van der Waals surface area contributed by atoms with E-state index >= 15 is 0 Å². The molecule has 1 amide bonds. The summed E-state index contributed by atoms with van der Waals surface area (Å²) in [5.74, 6) is 5.33. The molecule has 1 rings (SSSR count). The molecular weight excluding hydrogens is 192 g/mol. The number of piperidine rings is 1. The first kappa shape index (κ1) is 12.4. The summed E-state index contributed by atoms with van der Waals surface area (Å²) in [6.07, 6.45) is 2.10. The molecule has 0 aromatic heterocycles. The van der Waals surface area contributed by atoms with Crippen molar-refractivity contribution in [1.29, 1.82) is 0 Å². The summed E-state index contributed by atoms with van der Waals surface area (Å²) in [4.78, 5) is 13.8. The molecule has 0 aliphatic carbocycles. The normalized spacial score (nSPS) is 25.3. The topological polar surface area (TPSA) is 84.4 Å². The van der Waals surface area contributed by atoms with E-state index in [1.54, 1.807) is 0 Å². The van der Waals surface area contributed by atoms with E-state index in [2.05, 4.69) is 10.3 Å². The molecule has 0 radical (unpaired) electrons. The molecule has 0 aromatic rings. The van der Waals surface area contributed by atoms with E-state index in [0.29, 0.717) is 0 Å². The van der Waals surface area contributed by atoms with Gasteiger partial charge >= 0.3 is 0 Å². The first-order chi connectivity index (χ1) is 7.06. The van der Waals surface area contributed by atoms with Crippen LogP contribution < -0.4 is 17.0 Å². The molecule has 1 fully saturated rings. The van der Waals surface area contributed by atoms with Crippen LogP contribution in [-0.2, 0) is 4.79 Å². The molecule has 0 saturated carbocycles. The van der Waals surface area contributed by atoms with Crippen molar-refractivity contribution < 1.29 is 4.79 Å². The first-order valence-electron chi connectivity index (χ1n) is 5.56. The van der Waals surface area contributed by atoms with Gasteiger partial charge in [0.2, 0.25) is 0 Å². The summed E-state index contributed by atoms with van der Waals surface area (Å²) in [6, 6.07) is 0.0342. The molecule has 5 nitrogen and oxygen atoms in total. The largest absolute Gasteiger partial charge is 0.327 e. The minimum absolute atomic E-state index is 0.112. The smallest absolute Gasteiger partial charge is 0.251 e. The summed E-state index contributed by atoms with van der Waals surface area (Å²) in [5, 5.41) is 0. The monoisotopic (exact) mass is 214 g/mol. The third kappa shape index (κ3) is 3.15. The molecule has 1 saturated heterocycles. The van der Waals surface area contributed by atoms with Crippen LogP contribution in [0.5, 0.6) is 0 Å². The van der Waals surface area contributed by atoms with E-state index in [-0.39, 0.29) is 23.9 Å². The lowest BCUT2D eigenvalue weighted by molar-refractivity contribution is -0.128. The van der Waals surface area contributed by atoms with Gasteiger partial charge in [-0.1, -0.05) is 13.8 Å². The Morgan fingerprint density at radius 3 is 2.67 bits per heavy atom. The predicted octanol–water partition coefficient (Wildman–Crippen LogP) is -0.576. The van der Waals surface area contributed by atoms with Crippen molar-refractivity contribution in [1.82, 2.24) is 10.3 Å². The number of rotatable bonds is 3. The van der Waals surface area contributed by atoms with Gasteiger partial charge in [-0.2, -0.15) is 0 Å². The molecule has 0 bridgehead atoms. The van der Waals surface area contributed by atoms with Crippen molar-refractivity contribution in [3.63, 3.8) is 0 Å². The van der Waals surface area contributed by atoms with E-state index < -0.39 is 0 Å². The number of amides is 1. The molecule has 1 aliphatic rings. The first-order valence-corrected chi connectivity index (χ1v) is 5.56.